The molecule has 0 aliphatic carbocycles. The SMILES string of the molecule is CC(C)(COC(C)(C)Cn1cc(CNC(=O)CCCC#Cc2cnc(S(C)(=O)=O)nc2)nn1)NC(=O)COCC(=O)NCC(=O)NC(CCCNC(N)=O)C(=O)Nc1ccc(CNC=O)cc1. The van der Waals surface area contributed by atoms with Crippen molar-refractivity contribution in [1.29, 1.82) is 0 Å². The van der Waals surface area contributed by atoms with Crippen molar-refractivity contribution < 1.29 is 51.5 Å². The molecule has 3 aromatic rings. The molecule has 1 atom stereocenters. The molecule has 0 saturated carbocycles. The molecule has 0 radical (unpaired) electrons. The van der Waals surface area contributed by atoms with Crippen LogP contribution in [0.15, 0.2) is 48.0 Å². The smallest absolute Gasteiger partial charge is 0.312 e. The van der Waals surface area contributed by atoms with Crippen molar-refractivity contribution in [2.24, 2.45) is 5.73 Å². The fourth-order valence-electron chi connectivity index (χ4n) is 5.70. The van der Waals surface area contributed by atoms with Crippen LogP contribution in [0.4, 0.5) is 10.5 Å². The molecule has 2 aromatic heterocycles. The lowest BCUT2D eigenvalue weighted by Crippen LogP contribution is -2.50. The van der Waals surface area contributed by atoms with E-state index in [-0.39, 0.29) is 43.6 Å². The number of ether oxygens (including phenoxy) is 2. The Hall–Kier alpha value is -7.04. The summed E-state index contributed by atoms with van der Waals surface area (Å²) in [6, 6.07) is 4.91. The van der Waals surface area contributed by atoms with Gasteiger partial charge in [-0.05, 0) is 64.7 Å². The molecular weight excluding hydrogens is 895 g/mol. The molecule has 9 N–H and O–H groups in total. The monoisotopic (exact) mass is 953 g/mol. The van der Waals surface area contributed by atoms with Crippen LogP contribution in [-0.4, -0.2) is 132 Å². The van der Waals surface area contributed by atoms with Gasteiger partial charge >= 0.3 is 6.03 Å². The van der Waals surface area contributed by atoms with Gasteiger partial charge in [-0.15, -0.1) is 5.10 Å². The molecule has 24 nitrogen and oxygen atoms in total. The first-order chi connectivity index (χ1) is 31.6. The molecule has 67 heavy (non-hydrogen) atoms. The Balaban J connectivity index is 1.33. The van der Waals surface area contributed by atoms with Crippen molar-refractivity contribution in [2.75, 3.05) is 44.5 Å². The van der Waals surface area contributed by atoms with E-state index in [4.69, 9.17) is 15.2 Å². The Labute approximate surface area is 388 Å². The number of anilines is 1. The summed E-state index contributed by atoms with van der Waals surface area (Å²) in [4.78, 5) is 92.4. The van der Waals surface area contributed by atoms with Gasteiger partial charge in [0.25, 0.3) is 0 Å². The first kappa shape index (κ1) is 54.3. The van der Waals surface area contributed by atoms with E-state index >= 15 is 0 Å². The van der Waals surface area contributed by atoms with Crippen molar-refractivity contribution in [3.8, 4) is 11.8 Å². The van der Waals surface area contributed by atoms with E-state index in [1.807, 2.05) is 13.8 Å². The molecular formula is C42H59N13O11S. The van der Waals surface area contributed by atoms with Crippen LogP contribution in [-0.2, 0) is 67.7 Å². The number of sulfone groups is 1. The lowest BCUT2D eigenvalue weighted by molar-refractivity contribution is -0.134. The highest BCUT2D eigenvalue weighted by Gasteiger charge is 2.28. The molecule has 0 aliphatic rings. The highest BCUT2D eigenvalue weighted by Crippen LogP contribution is 2.16. The van der Waals surface area contributed by atoms with E-state index in [9.17, 15) is 42.0 Å². The Morgan fingerprint density at radius 2 is 1.61 bits per heavy atom. The first-order valence-corrected chi connectivity index (χ1v) is 22.9. The summed E-state index contributed by atoms with van der Waals surface area (Å²) in [5.41, 5.74) is 5.74. The van der Waals surface area contributed by atoms with E-state index in [0.717, 1.165) is 11.8 Å². The largest absolute Gasteiger partial charge is 0.371 e. The van der Waals surface area contributed by atoms with Crippen molar-refractivity contribution in [3.05, 3.63) is 59.7 Å². The van der Waals surface area contributed by atoms with E-state index < -0.39 is 76.4 Å². The fraction of sp³-hybridized carbons (Fsp3) is 0.500. The lowest BCUT2D eigenvalue weighted by Gasteiger charge is -2.32. The number of carbonyl (C=O) groups excluding carboxylic acids is 7. The second kappa shape index (κ2) is 26.8. The minimum absolute atomic E-state index is 0.0969. The Kier molecular flexibility index (Phi) is 21.7. The quantitative estimate of drug-likeness (QED) is 0.0186. The summed E-state index contributed by atoms with van der Waals surface area (Å²) in [6.07, 6.45) is 7.53. The van der Waals surface area contributed by atoms with E-state index in [0.29, 0.717) is 55.7 Å². The van der Waals surface area contributed by atoms with Gasteiger partial charge in [0.15, 0.2) is 0 Å². The molecule has 0 aliphatic heterocycles. The standard InChI is InChI=1S/C42H59N13O11S/c1-41(2,27-66-42(3,4)26-55-23-32(53-54-55)21-46-34(57)12-8-6-7-10-30-19-48-40(49-20-30)67(5,63)64)52-37(60)25-65-24-36(59)47-22-35(58)51-33(11-9-17-45-39(43)62)38(61)50-31-15-13-29(14-16-31)18-44-28-56/h13-16,19-20,23,28,33H,6,8-9,11-12,17-18,21-22,24-27H2,1-5H3,(H,44,56)(H,46,57)(H,47,59)(H,50,61)(H,51,58)(H,52,60)(H3,43,45,62). The van der Waals surface area contributed by atoms with Crippen LogP contribution >= 0.6 is 0 Å². The molecule has 0 saturated heterocycles. The number of unbranched alkanes of at least 4 members (excludes halogenated alkanes) is 1. The van der Waals surface area contributed by atoms with E-state index in [2.05, 4.69) is 69.3 Å². The van der Waals surface area contributed by atoms with Crippen molar-refractivity contribution in [2.45, 2.75) is 102 Å². The first-order valence-electron chi connectivity index (χ1n) is 21.0. The van der Waals surface area contributed by atoms with Gasteiger partial charge < -0.3 is 52.4 Å². The van der Waals surface area contributed by atoms with Crippen molar-refractivity contribution in [1.82, 2.24) is 56.9 Å². The van der Waals surface area contributed by atoms with Gasteiger partial charge in [-0.3, -0.25) is 28.8 Å². The van der Waals surface area contributed by atoms with Gasteiger partial charge in [-0.25, -0.2) is 27.9 Å². The highest BCUT2D eigenvalue weighted by atomic mass is 32.2. The van der Waals surface area contributed by atoms with E-state index in [1.165, 1.54) is 12.4 Å². The number of carbonyl (C=O) groups is 7. The average molecular weight is 954 g/mol. The number of nitrogens with two attached hydrogens (primary N) is 1. The Morgan fingerprint density at radius 1 is 0.910 bits per heavy atom. The maximum Gasteiger partial charge on any atom is 0.312 e. The second-order valence-corrected chi connectivity index (χ2v) is 18.3. The predicted octanol–water partition coefficient (Wildman–Crippen LogP) is -1.05. The molecule has 8 amide bonds. The number of hydrogen-bond acceptors (Lipinski definition) is 15. The second-order valence-electron chi connectivity index (χ2n) is 16.4. The van der Waals surface area contributed by atoms with Crippen LogP contribution in [0, 0.1) is 11.8 Å². The Bertz CT molecular complexity index is 2330. The van der Waals surface area contributed by atoms with Crippen molar-refractivity contribution >= 4 is 57.5 Å². The fourth-order valence-corrected chi connectivity index (χ4v) is 6.19. The highest BCUT2D eigenvalue weighted by molar-refractivity contribution is 7.90. The number of urea groups is 1. The zero-order chi connectivity index (χ0) is 49.5. The van der Waals surface area contributed by atoms with Gasteiger partial charge in [-0.1, -0.05) is 29.2 Å². The lowest BCUT2D eigenvalue weighted by atomic mass is 10.1. The summed E-state index contributed by atoms with van der Waals surface area (Å²) in [5.74, 6) is 3.14. The maximum atomic E-state index is 13.1. The average Bonchev–Trinajstić information content (AvgIpc) is 3.70. The van der Waals surface area contributed by atoms with Crippen molar-refractivity contribution in [3.63, 3.8) is 0 Å². The van der Waals surface area contributed by atoms with Gasteiger partial charge in [-0.2, -0.15) is 0 Å². The van der Waals surface area contributed by atoms with Crippen LogP contribution in [0.1, 0.15) is 76.6 Å². The van der Waals surface area contributed by atoms with Crippen LogP contribution in [0.5, 0.6) is 0 Å². The number of benzene rings is 1. The van der Waals surface area contributed by atoms with Gasteiger partial charge in [0, 0.05) is 50.3 Å². The van der Waals surface area contributed by atoms with Gasteiger partial charge in [0.1, 0.15) is 24.9 Å². The molecule has 3 rings (SSSR count). The molecule has 1 unspecified atom stereocenters. The number of nitrogens with zero attached hydrogens (tertiary/aromatic N) is 5. The maximum absolute atomic E-state index is 13.1. The molecule has 2 heterocycles. The molecule has 0 spiro atoms. The number of hydrogen-bond donors (Lipinski definition) is 8. The van der Waals surface area contributed by atoms with Crippen LogP contribution < -0.4 is 43.0 Å². The normalized spacial score (nSPS) is 11.8. The third-order valence-electron chi connectivity index (χ3n) is 8.94. The van der Waals surface area contributed by atoms with Crippen LogP contribution in [0.25, 0.3) is 0 Å². The number of amides is 8. The zero-order valence-corrected chi connectivity index (χ0v) is 38.9. The summed E-state index contributed by atoms with van der Waals surface area (Å²) >= 11 is 0. The molecule has 364 valence electrons. The Morgan fingerprint density at radius 3 is 2.28 bits per heavy atom. The third kappa shape index (κ3) is 22.6. The minimum atomic E-state index is -3.50. The minimum Gasteiger partial charge on any atom is -0.371 e. The van der Waals surface area contributed by atoms with E-state index in [1.54, 1.807) is 49.0 Å². The molecule has 1 aromatic carbocycles. The number of primary amides is 1. The summed E-state index contributed by atoms with van der Waals surface area (Å²) in [6.45, 7) is 6.72. The molecule has 25 heteroatoms. The molecule has 0 fully saturated rings. The number of nitrogens with one attached hydrogen (secondary N) is 7. The third-order valence-corrected chi connectivity index (χ3v) is 9.81. The number of rotatable bonds is 28. The van der Waals surface area contributed by atoms with Gasteiger partial charge in [0.2, 0.25) is 50.9 Å². The molecule has 0 bridgehead atoms. The summed E-state index contributed by atoms with van der Waals surface area (Å²) in [7, 11) is -3.50. The number of aromatic nitrogens is 5. The summed E-state index contributed by atoms with van der Waals surface area (Å²) < 4.78 is 35.9. The van der Waals surface area contributed by atoms with Crippen LogP contribution in [0.3, 0.4) is 0 Å². The zero-order valence-electron chi connectivity index (χ0n) is 38.1. The van der Waals surface area contributed by atoms with Gasteiger partial charge in [0.05, 0.1) is 49.1 Å². The van der Waals surface area contributed by atoms with Crippen LogP contribution in [0.2, 0.25) is 0 Å². The summed E-state index contributed by atoms with van der Waals surface area (Å²) in [5, 5.41) is 26.2. The predicted molar refractivity (Wildman–Crippen MR) is 241 cm³/mol. The topological polar surface area (TPSA) is 339 Å².